The van der Waals surface area contributed by atoms with Gasteiger partial charge in [0.1, 0.15) is 11.4 Å². The fourth-order valence-electron chi connectivity index (χ4n) is 2.16. The molecule has 22 heavy (non-hydrogen) atoms. The lowest BCUT2D eigenvalue weighted by molar-refractivity contribution is 0.0913. The van der Waals surface area contributed by atoms with Gasteiger partial charge >= 0.3 is 0 Å². The van der Waals surface area contributed by atoms with Gasteiger partial charge in [-0.3, -0.25) is 9.59 Å². The molecule has 3 N–H and O–H groups in total. The van der Waals surface area contributed by atoms with Crippen molar-refractivity contribution in [3.63, 3.8) is 0 Å². The molecule has 1 rings (SSSR count). The maximum atomic E-state index is 12.4. The molecule has 124 valence electrons. The minimum Gasteiger partial charge on any atom is -0.396 e. The molecular formula is C16H27N3O3. The van der Waals surface area contributed by atoms with E-state index in [9.17, 15) is 9.59 Å². The van der Waals surface area contributed by atoms with Crippen LogP contribution in [0.4, 0.5) is 0 Å². The lowest BCUT2D eigenvalue weighted by atomic mass is 9.95. The first-order chi connectivity index (χ1) is 10.1. The first-order valence-electron chi connectivity index (χ1n) is 7.61. The minimum absolute atomic E-state index is 0.0142. The highest BCUT2D eigenvalue weighted by atomic mass is 16.3. The number of hydrogen-bond acceptors (Lipinski definition) is 4. The van der Waals surface area contributed by atoms with E-state index < -0.39 is 11.5 Å². The molecule has 0 saturated heterocycles. The van der Waals surface area contributed by atoms with Crippen LogP contribution in [0.5, 0.6) is 0 Å². The van der Waals surface area contributed by atoms with E-state index in [2.05, 4.69) is 15.3 Å². The summed E-state index contributed by atoms with van der Waals surface area (Å²) < 4.78 is 0. The third-order valence-electron chi connectivity index (χ3n) is 3.60. The predicted molar refractivity (Wildman–Crippen MR) is 86.1 cm³/mol. The Morgan fingerprint density at radius 2 is 1.95 bits per heavy atom. The lowest BCUT2D eigenvalue weighted by Crippen LogP contribution is -2.42. The van der Waals surface area contributed by atoms with Gasteiger partial charge in [0.25, 0.3) is 11.5 Å². The van der Waals surface area contributed by atoms with Gasteiger partial charge in [-0.2, -0.15) is 0 Å². The van der Waals surface area contributed by atoms with E-state index in [-0.39, 0.29) is 29.5 Å². The summed E-state index contributed by atoms with van der Waals surface area (Å²) in [5, 5.41) is 11.9. The molecule has 0 saturated carbocycles. The molecule has 6 heteroatoms. The smallest absolute Gasteiger partial charge is 0.264 e. The van der Waals surface area contributed by atoms with Gasteiger partial charge in [0, 0.05) is 18.1 Å². The lowest BCUT2D eigenvalue weighted by Gasteiger charge is -2.22. The van der Waals surface area contributed by atoms with Crippen molar-refractivity contribution < 1.29 is 9.90 Å². The Labute approximate surface area is 131 Å². The summed E-state index contributed by atoms with van der Waals surface area (Å²) in [6.45, 7) is 11.4. The van der Waals surface area contributed by atoms with Crippen LogP contribution in [-0.2, 0) is 5.41 Å². The number of aromatic nitrogens is 2. The molecule has 0 bridgehead atoms. The molecule has 0 aliphatic heterocycles. The van der Waals surface area contributed by atoms with Crippen molar-refractivity contribution >= 4 is 5.91 Å². The quantitative estimate of drug-likeness (QED) is 0.768. The van der Waals surface area contributed by atoms with Crippen molar-refractivity contribution in [3.8, 4) is 0 Å². The Kier molecular flexibility index (Phi) is 5.88. The van der Waals surface area contributed by atoms with Gasteiger partial charge in [-0.15, -0.1) is 0 Å². The van der Waals surface area contributed by atoms with Crippen LogP contribution in [0.15, 0.2) is 4.79 Å². The zero-order valence-electron chi connectivity index (χ0n) is 14.3. The van der Waals surface area contributed by atoms with Crippen molar-refractivity contribution in [2.45, 2.75) is 59.4 Å². The summed E-state index contributed by atoms with van der Waals surface area (Å²) in [6.07, 6.45) is 0.452. The number of aryl methyl sites for hydroxylation is 1. The average Bonchev–Trinajstić information content (AvgIpc) is 2.36. The van der Waals surface area contributed by atoms with E-state index in [4.69, 9.17) is 5.11 Å². The SMILES string of the molecule is Cc1nc(C(C)(C)C)[nH]c(=O)c1C(=O)NC(CCO)C(C)C. The minimum atomic E-state index is -0.446. The standard InChI is InChI=1S/C16H27N3O3/c1-9(2)11(7-8-20)18-13(21)12-10(3)17-15(16(4,5)6)19-14(12)22/h9,11,20H,7-8H2,1-6H3,(H,18,21)(H,17,19,22). The molecule has 0 aromatic carbocycles. The summed E-state index contributed by atoms with van der Waals surface area (Å²) in [4.78, 5) is 31.7. The Morgan fingerprint density at radius 3 is 2.36 bits per heavy atom. The fourth-order valence-corrected chi connectivity index (χ4v) is 2.16. The Balaban J connectivity index is 3.12. The van der Waals surface area contributed by atoms with E-state index in [1.165, 1.54) is 0 Å². The summed E-state index contributed by atoms with van der Waals surface area (Å²) in [5.41, 5.74) is -0.272. The number of carbonyl (C=O) groups excluding carboxylic acids is 1. The summed E-state index contributed by atoms with van der Waals surface area (Å²) >= 11 is 0. The zero-order valence-corrected chi connectivity index (χ0v) is 14.3. The monoisotopic (exact) mass is 309 g/mol. The highest BCUT2D eigenvalue weighted by molar-refractivity contribution is 5.95. The molecule has 6 nitrogen and oxygen atoms in total. The number of nitrogens with one attached hydrogen (secondary N) is 2. The molecule has 0 aliphatic rings. The van der Waals surface area contributed by atoms with E-state index >= 15 is 0 Å². The van der Waals surface area contributed by atoms with Gasteiger partial charge in [0.15, 0.2) is 0 Å². The molecule has 1 aromatic rings. The van der Waals surface area contributed by atoms with Crippen LogP contribution < -0.4 is 10.9 Å². The number of carbonyl (C=O) groups is 1. The fraction of sp³-hybridized carbons (Fsp3) is 0.688. The molecule has 1 amide bonds. The summed E-state index contributed by atoms with van der Waals surface area (Å²) in [7, 11) is 0. The second kappa shape index (κ2) is 7.05. The van der Waals surface area contributed by atoms with Gasteiger partial charge in [0.05, 0.1) is 5.69 Å². The van der Waals surface area contributed by atoms with Crippen molar-refractivity contribution in [1.82, 2.24) is 15.3 Å². The average molecular weight is 309 g/mol. The molecule has 0 radical (unpaired) electrons. The number of rotatable bonds is 5. The highest BCUT2D eigenvalue weighted by Crippen LogP contribution is 2.17. The topological polar surface area (TPSA) is 95.1 Å². The van der Waals surface area contributed by atoms with Crippen molar-refractivity contribution in [2.24, 2.45) is 5.92 Å². The molecule has 0 aliphatic carbocycles. The zero-order chi connectivity index (χ0) is 17.1. The summed E-state index contributed by atoms with van der Waals surface area (Å²) in [5.74, 6) is 0.276. The van der Waals surface area contributed by atoms with Crippen LogP contribution in [0.2, 0.25) is 0 Å². The third kappa shape index (κ3) is 4.40. The second-order valence-electron chi connectivity index (χ2n) is 6.96. The number of amides is 1. The molecule has 0 spiro atoms. The third-order valence-corrected chi connectivity index (χ3v) is 3.60. The maximum Gasteiger partial charge on any atom is 0.264 e. The first-order valence-corrected chi connectivity index (χ1v) is 7.61. The first kappa shape index (κ1) is 18.4. The highest BCUT2D eigenvalue weighted by Gasteiger charge is 2.24. The van der Waals surface area contributed by atoms with Gasteiger partial charge < -0.3 is 15.4 Å². The van der Waals surface area contributed by atoms with E-state index in [0.29, 0.717) is 17.9 Å². The number of nitrogens with zero attached hydrogens (tertiary/aromatic N) is 1. The Morgan fingerprint density at radius 1 is 1.36 bits per heavy atom. The van der Waals surface area contributed by atoms with E-state index in [1.54, 1.807) is 6.92 Å². The van der Waals surface area contributed by atoms with Crippen LogP contribution in [0, 0.1) is 12.8 Å². The largest absolute Gasteiger partial charge is 0.396 e. The van der Waals surface area contributed by atoms with Crippen molar-refractivity contribution in [2.75, 3.05) is 6.61 Å². The second-order valence-corrected chi connectivity index (χ2v) is 6.96. The Bertz CT molecular complexity index is 585. The molecule has 1 heterocycles. The molecule has 1 atom stereocenters. The van der Waals surface area contributed by atoms with Gasteiger partial charge in [0.2, 0.25) is 0 Å². The number of H-pyrrole nitrogens is 1. The van der Waals surface area contributed by atoms with E-state index in [1.807, 2.05) is 34.6 Å². The number of aliphatic hydroxyl groups excluding tert-OH is 1. The van der Waals surface area contributed by atoms with Gasteiger partial charge in [-0.1, -0.05) is 34.6 Å². The van der Waals surface area contributed by atoms with Crippen molar-refractivity contribution in [3.05, 3.63) is 27.4 Å². The number of aromatic amines is 1. The predicted octanol–water partition coefficient (Wildman–Crippen LogP) is 1.51. The van der Waals surface area contributed by atoms with Crippen molar-refractivity contribution in [1.29, 1.82) is 0 Å². The van der Waals surface area contributed by atoms with Gasteiger partial charge in [-0.25, -0.2) is 4.98 Å². The van der Waals surface area contributed by atoms with Crippen LogP contribution in [-0.4, -0.2) is 33.6 Å². The number of hydrogen-bond donors (Lipinski definition) is 3. The van der Waals surface area contributed by atoms with Crippen LogP contribution >= 0.6 is 0 Å². The number of aliphatic hydroxyl groups is 1. The normalized spacial score (nSPS) is 13.3. The molecule has 1 aromatic heterocycles. The van der Waals surface area contributed by atoms with Crippen LogP contribution in [0.25, 0.3) is 0 Å². The Hall–Kier alpha value is -1.69. The summed E-state index contributed by atoms with van der Waals surface area (Å²) in [6, 6.07) is -0.182. The van der Waals surface area contributed by atoms with Crippen LogP contribution in [0.1, 0.15) is 62.9 Å². The van der Waals surface area contributed by atoms with Gasteiger partial charge in [-0.05, 0) is 19.3 Å². The molecule has 0 fully saturated rings. The van der Waals surface area contributed by atoms with Crippen LogP contribution in [0.3, 0.4) is 0 Å². The van der Waals surface area contributed by atoms with E-state index in [0.717, 1.165) is 0 Å². The molecular weight excluding hydrogens is 282 g/mol. The maximum absolute atomic E-state index is 12.4. The molecule has 1 unspecified atom stereocenters.